The quantitative estimate of drug-likeness (QED) is 0.729. The molecule has 2 heteroatoms. The van der Waals surface area contributed by atoms with Crippen LogP contribution in [0.2, 0.25) is 0 Å². The fourth-order valence-corrected chi connectivity index (χ4v) is 3.10. The van der Waals surface area contributed by atoms with E-state index in [4.69, 9.17) is 4.74 Å². The van der Waals surface area contributed by atoms with Gasteiger partial charge in [-0.25, -0.2) is 0 Å². The van der Waals surface area contributed by atoms with E-state index in [1.807, 2.05) is 12.1 Å². The Morgan fingerprint density at radius 2 is 2.00 bits per heavy atom. The second kappa shape index (κ2) is 7.19. The van der Waals surface area contributed by atoms with Gasteiger partial charge in [0.05, 0.1) is 7.11 Å². The van der Waals surface area contributed by atoms with Crippen molar-refractivity contribution in [3.63, 3.8) is 0 Å². The van der Waals surface area contributed by atoms with E-state index < -0.39 is 0 Å². The van der Waals surface area contributed by atoms with Crippen LogP contribution in [-0.4, -0.2) is 18.1 Å². The van der Waals surface area contributed by atoms with Gasteiger partial charge in [-0.05, 0) is 41.7 Å². The molecular formula is C21H23NO. The first-order chi connectivity index (χ1) is 11.3. The zero-order chi connectivity index (χ0) is 16.1. The maximum Gasteiger partial charge on any atom is 0.119 e. The van der Waals surface area contributed by atoms with Gasteiger partial charge in [0.1, 0.15) is 5.75 Å². The van der Waals surface area contributed by atoms with Crippen LogP contribution in [0.3, 0.4) is 0 Å². The molecule has 0 bridgehead atoms. The van der Waals surface area contributed by atoms with Crippen molar-refractivity contribution < 1.29 is 4.74 Å². The minimum Gasteiger partial charge on any atom is -0.497 e. The number of nitrogens with zero attached hydrogens (tertiary/aromatic N) is 1. The highest BCUT2D eigenvalue weighted by molar-refractivity contribution is 5.66. The fourth-order valence-electron chi connectivity index (χ4n) is 3.10. The highest BCUT2D eigenvalue weighted by atomic mass is 16.5. The number of hydrogen-bond donors (Lipinski definition) is 0. The van der Waals surface area contributed by atoms with Crippen LogP contribution in [0, 0.1) is 0 Å². The summed E-state index contributed by atoms with van der Waals surface area (Å²) in [5.41, 5.74) is 3.96. The standard InChI is InChI=1S/C21H23NO/c1-3-20-13-12-19(18-9-5-4-6-10-18)16-22(20)15-17-8-7-11-21(14-17)23-2/h3-11,14,16,20H,1,12-13,15H2,2H3/t20-/m0/s1. The summed E-state index contributed by atoms with van der Waals surface area (Å²) in [5, 5.41) is 0. The third kappa shape index (κ3) is 3.65. The van der Waals surface area contributed by atoms with Crippen molar-refractivity contribution in [3.05, 3.63) is 84.6 Å². The first-order valence-electron chi connectivity index (χ1n) is 8.07. The van der Waals surface area contributed by atoms with Crippen LogP contribution >= 0.6 is 0 Å². The van der Waals surface area contributed by atoms with Crippen LogP contribution in [0.25, 0.3) is 5.57 Å². The number of benzene rings is 2. The Hall–Kier alpha value is -2.48. The molecule has 1 atom stereocenters. The first-order valence-corrected chi connectivity index (χ1v) is 8.07. The van der Waals surface area contributed by atoms with Crippen molar-refractivity contribution >= 4 is 5.57 Å². The molecule has 23 heavy (non-hydrogen) atoms. The summed E-state index contributed by atoms with van der Waals surface area (Å²) in [6, 6.07) is 19.3. The van der Waals surface area contributed by atoms with Crippen molar-refractivity contribution in [2.24, 2.45) is 0 Å². The fraction of sp³-hybridized carbons (Fsp3) is 0.238. The van der Waals surface area contributed by atoms with Crippen molar-refractivity contribution in [3.8, 4) is 5.75 Å². The van der Waals surface area contributed by atoms with Gasteiger partial charge in [-0.1, -0.05) is 48.5 Å². The van der Waals surface area contributed by atoms with Crippen LogP contribution in [0.5, 0.6) is 5.75 Å². The van der Waals surface area contributed by atoms with Gasteiger partial charge in [0, 0.05) is 18.8 Å². The highest BCUT2D eigenvalue weighted by Crippen LogP contribution is 2.30. The predicted molar refractivity (Wildman–Crippen MR) is 96.2 cm³/mol. The van der Waals surface area contributed by atoms with Gasteiger partial charge < -0.3 is 9.64 Å². The Morgan fingerprint density at radius 3 is 2.74 bits per heavy atom. The Balaban J connectivity index is 1.85. The molecule has 0 N–H and O–H groups in total. The highest BCUT2D eigenvalue weighted by Gasteiger charge is 2.20. The monoisotopic (exact) mass is 305 g/mol. The third-order valence-electron chi connectivity index (χ3n) is 4.37. The minimum absolute atomic E-state index is 0.383. The van der Waals surface area contributed by atoms with Gasteiger partial charge in [0.25, 0.3) is 0 Å². The van der Waals surface area contributed by atoms with Crippen LogP contribution in [0.1, 0.15) is 24.0 Å². The van der Waals surface area contributed by atoms with E-state index in [0.717, 1.165) is 25.1 Å². The van der Waals surface area contributed by atoms with E-state index in [0.29, 0.717) is 6.04 Å². The maximum absolute atomic E-state index is 5.33. The average molecular weight is 305 g/mol. The number of rotatable bonds is 5. The molecule has 0 amide bonds. The van der Waals surface area contributed by atoms with Gasteiger partial charge in [0.2, 0.25) is 0 Å². The normalized spacial score (nSPS) is 17.5. The van der Waals surface area contributed by atoms with E-state index in [-0.39, 0.29) is 0 Å². The molecule has 1 heterocycles. The zero-order valence-corrected chi connectivity index (χ0v) is 13.6. The molecule has 0 aromatic heterocycles. The summed E-state index contributed by atoms with van der Waals surface area (Å²) in [6.45, 7) is 4.88. The molecule has 0 unspecified atom stereocenters. The molecule has 1 aliphatic heterocycles. The first kappa shape index (κ1) is 15.4. The lowest BCUT2D eigenvalue weighted by molar-refractivity contribution is 0.289. The molecule has 0 saturated heterocycles. The van der Waals surface area contributed by atoms with Crippen molar-refractivity contribution in [1.82, 2.24) is 4.90 Å². The molecule has 2 aromatic rings. The molecule has 0 aliphatic carbocycles. The van der Waals surface area contributed by atoms with Crippen molar-refractivity contribution in [2.75, 3.05) is 7.11 Å². The van der Waals surface area contributed by atoms with E-state index in [1.54, 1.807) is 7.11 Å². The zero-order valence-electron chi connectivity index (χ0n) is 13.6. The van der Waals surface area contributed by atoms with E-state index in [2.05, 4.69) is 66.2 Å². The smallest absolute Gasteiger partial charge is 0.119 e. The molecule has 2 nitrogen and oxygen atoms in total. The third-order valence-corrected chi connectivity index (χ3v) is 4.37. The van der Waals surface area contributed by atoms with E-state index in [9.17, 15) is 0 Å². The number of methoxy groups -OCH3 is 1. The van der Waals surface area contributed by atoms with Crippen LogP contribution in [0.4, 0.5) is 0 Å². The molecule has 1 aliphatic rings. The maximum atomic E-state index is 5.33. The molecular weight excluding hydrogens is 282 g/mol. The largest absolute Gasteiger partial charge is 0.497 e. The van der Waals surface area contributed by atoms with Crippen molar-refractivity contribution in [2.45, 2.75) is 25.4 Å². The lowest BCUT2D eigenvalue weighted by atomic mass is 9.94. The molecule has 0 fully saturated rings. The summed E-state index contributed by atoms with van der Waals surface area (Å²) in [4.78, 5) is 2.38. The van der Waals surface area contributed by atoms with Gasteiger partial charge in [0.15, 0.2) is 0 Å². The number of allylic oxidation sites excluding steroid dienone is 1. The van der Waals surface area contributed by atoms with Gasteiger partial charge in [-0.15, -0.1) is 6.58 Å². The predicted octanol–water partition coefficient (Wildman–Crippen LogP) is 4.89. The van der Waals surface area contributed by atoms with Gasteiger partial charge in [-0.3, -0.25) is 0 Å². The second-order valence-corrected chi connectivity index (χ2v) is 5.89. The molecule has 0 radical (unpaired) electrons. The average Bonchev–Trinajstić information content (AvgIpc) is 2.62. The number of hydrogen-bond acceptors (Lipinski definition) is 2. The Labute approximate surface area is 138 Å². The molecule has 2 aromatic carbocycles. The van der Waals surface area contributed by atoms with Crippen LogP contribution < -0.4 is 4.74 Å². The van der Waals surface area contributed by atoms with Gasteiger partial charge in [-0.2, -0.15) is 0 Å². The minimum atomic E-state index is 0.383. The van der Waals surface area contributed by atoms with Gasteiger partial charge >= 0.3 is 0 Å². The summed E-state index contributed by atoms with van der Waals surface area (Å²) in [5.74, 6) is 0.905. The Morgan fingerprint density at radius 1 is 1.17 bits per heavy atom. The van der Waals surface area contributed by atoms with Crippen LogP contribution in [-0.2, 0) is 6.54 Å². The summed E-state index contributed by atoms with van der Waals surface area (Å²) >= 11 is 0. The molecule has 0 saturated carbocycles. The molecule has 3 rings (SSSR count). The Bertz CT molecular complexity index is 690. The topological polar surface area (TPSA) is 12.5 Å². The number of ether oxygens (including phenoxy) is 1. The summed E-state index contributed by atoms with van der Waals surface area (Å²) < 4.78 is 5.33. The summed E-state index contributed by atoms with van der Waals surface area (Å²) in [6.07, 6.45) is 6.55. The summed E-state index contributed by atoms with van der Waals surface area (Å²) in [7, 11) is 1.71. The lowest BCUT2D eigenvalue weighted by Gasteiger charge is -2.34. The van der Waals surface area contributed by atoms with Crippen molar-refractivity contribution in [1.29, 1.82) is 0 Å². The molecule has 0 spiro atoms. The lowest BCUT2D eigenvalue weighted by Crippen LogP contribution is -2.31. The van der Waals surface area contributed by atoms with Crippen LogP contribution in [0.15, 0.2) is 73.5 Å². The Kier molecular flexibility index (Phi) is 4.82. The van der Waals surface area contributed by atoms with E-state index in [1.165, 1.54) is 16.7 Å². The SMILES string of the molecule is C=C[C@H]1CCC(c2ccccc2)=CN1Cc1cccc(OC)c1. The second-order valence-electron chi connectivity index (χ2n) is 5.89. The molecule has 118 valence electrons. The van der Waals surface area contributed by atoms with E-state index >= 15 is 0 Å².